The average Bonchev–Trinajstić information content (AvgIpc) is 2.22. The molecule has 1 fully saturated rings. The minimum Gasteiger partial charge on any atom is -0.377 e. The number of rotatable bonds is 2. The van der Waals surface area contributed by atoms with Crippen LogP contribution in [0.25, 0.3) is 0 Å². The second kappa shape index (κ2) is 4.60. The molecule has 1 saturated heterocycles. The topological polar surface area (TPSA) is 46.2 Å². The summed E-state index contributed by atoms with van der Waals surface area (Å²) >= 11 is 0. The van der Waals surface area contributed by atoms with Crippen molar-refractivity contribution in [3.63, 3.8) is 0 Å². The van der Waals surface area contributed by atoms with E-state index in [1.807, 2.05) is 0 Å². The number of benzene rings is 1. The van der Waals surface area contributed by atoms with Crippen LogP contribution in [0.15, 0.2) is 18.2 Å². The molecular weight excluding hydrogens is 248 g/mol. The zero-order valence-electron chi connectivity index (χ0n) is 9.12. The molecule has 1 unspecified atom stereocenters. The van der Waals surface area contributed by atoms with Crippen LogP contribution in [0.4, 0.5) is 14.5 Å². The summed E-state index contributed by atoms with van der Waals surface area (Å²) < 4.78 is 49.5. The highest BCUT2D eigenvalue weighted by Crippen LogP contribution is 2.22. The summed E-state index contributed by atoms with van der Waals surface area (Å²) in [5, 5.41) is 2.64. The first-order chi connectivity index (χ1) is 7.98. The minimum absolute atomic E-state index is 0.0687. The van der Waals surface area contributed by atoms with E-state index in [4.69, 9.17) is 0 Å². The van der Waals surface area contributed by atoms with E-state index in [2.05, 4.69) is 5.32 Å². The van der Waals surface area contributed by atoms with Crippen LogP contribution in [-0.2, 0) is 9.84 Å². The van der Waals surface area contributed by atoms with Crippen LogP contribution in [0.5, 0.6) is 0 Å². The normalized spacial score (nSPS) is 23.3. The monoisotopic (exact) mass is 261 g/mol. The van der Waals surface area contributed by atoms with E-state index in [-0.39, 0.29) is 17.2 Å². The molecule has 3 nitrogen and oxygen atoms in total. The van der Waals surface area contributed by atoms with Gasteiger partial charge in [-0.2, -0.15) is 0 Å². The quantitative estimate of drug-likeness (QED) is 0.885. The Morgan fingerprint density at radius 1 is 1.24 bits per heavy atom. The van der Waals surface area contributed by atoms with Gasteiger partial charge in [-0.25, -0.2) is 17.2 Å². The summed E-state index contributed by atoms with van der Waals surface area (Å²) in [5.41, 5.74) is -0.241. The van der Waals surface area contributed by atoms with Crippen LogP contribution < -0.4 is 5.32 Å². The SMILES string of the molecule is O=S1(=O)CCCC(Nc2c(F)cccc2F)C1. The number of sulfone groups is 1. The standard InChI is InChI=1S/C11H13F2NO2S/c12-9-4-1-5-10(13)11(9)14-8-3-2-6-17(15,16)7-8/h1,4-5,8,14H,2-3,6-7H2. The maximum Gasteiger partial charge on any atom is 0.152 e. The van der Waals surface area contributed by atoms with Crippen molar-refractivity contribution in [2.24, 2.45) is 0 Å². The maximum atomic E-state index is 13.3. The minimum atomic E-state index is -3.09. The Bertz CT molecular complexity index is 496. The molecule has 1 aliphatic rings. The molecule has 1 aromatic carbocycles. The van der Waals surface area contributed by atoms with Crippen molar-refractivity contribution in [3.05, 3.63) is 29.8 Å². The zero-order valence-corrected chi connectivity index (χ0v) is 9.93. The van der Waals surface area contributed by atoms with Crippen molar-refractivity contribution in [1.82, 2.24) is 0 Å². The van der Waals surface area contributed by atoms with Crippen molar-refractivity contribution < 1.29 is 17.2 Å². The van der Waals surface area contributed by atoms with E-state index < -0.39 is 27.5 Å². The lowest BCUT2D eigenvalue weighted by molar-refractivity contribution is 0.551. The molecule has 0 radical (unpaired) electrons. The molecule has 1 aromatic rings. The van der Waals surface area contributed by atoms with Gasteiger partial charge in [0.05, 0.1) is 11.5 Å². The summed E-state index contributed by atoms with van der Waals surface area (Å²) in [6.07, 6.45) is 1.13. The van der Waals surface area contributed by atoms with Gasteiger partial charge >= 0.3 is 0 Å². The van der Waals surface area contributed by atoms with Crippen LogP contribution in [0.3, 0.4) is 0 Å². The Balaban J connectivity index is 2.16. The van der Waals surface area contributed by atoms with Gasteiger partial charge in [-0.15, -0.1) is 0 Å². The van der Waals surface area contributed by atoms with E-state index in [1.165, 1.54) is 6.07 Å². The van der Waals surface area contributed by atoms with Gasteiger partial charge in [0, 0.05) is 6.04 Å². The van der Waals surface area contributed by atoms with Gasteiger partial charge in [-0.1, -0.05) is 6.07 Å². The second-order valence-electron chi connectivity index (χ2n) is 4.19. The summed E-state index contributed by atoms with van der Waals surface area (Å²) in [5.74, 6) is -1.31. The van der Waals surface area contributed by atoms with Gasteiger partial charge in [0.15, 0.2) is 9.84 Å². The van der Waals surface area contributed by atoms with Gasteiger partial charge in [-0.3, -0.25) is 0 Å². The fraction of sp³-hybridized carbons (Fsp3) is 0.455. The number of anilines is 1. The van der Waals surface area contributed by atoms with Gasteiger partial charge < -0.3 is 5.32 Å². The smallest absolute Gasteiger partial charge is 0.152 e. The summed E-state index contributed by atoms with van der Waals surface area (Å²) in [6, 6.07) is 3.14. The van der Waals surface area contributed by atoms with Gasteiger partial charge in [-0.05, 0) is 25.0 Å². The average molecular weight is 261 g/mol. The Morgan fingerprint density at radius 3 is 2.47 bits per heavy atom. The third-order valence-electron chi connectivity index (χ3n) is 2.77. The van der Waals surface area contributed by atoms with E-state index in [1.54, 1.807) is 0 Å². The van der Waals surface area contributed by atoms with Gasteiger partial charge in [0.2, 0.25) is 0 Å². The summed E-state index contributed by atoms with van der Waals surface area (Å²) in [4.78, 5) is 0. The first-order valence-electron chi connectivity index (χ1n) is 5.39. The van der Waals surface area contributed by atoms with Crippen molar-refractivity contribution >= 4 is 15.5 Å². The molecule has 0 amide bonds. The number of hydrogen-bond acceptors (Lipinski definition) is 3. The van der Waals surface area contributed by atoms with Crippen LogP contribution in [0, 0.1) is 11.6 Å². The van der Waals surface area contributed by atoms with Gasteiger partial charge in [0.1, 0.15) is 17.3 Å². The van der Waals surface area contributed by atoms with Crippen LogP contribution in [0.1, 0.15) is 12.8 Å². The molecule has 6 heteroatoms. The molecule has 0 bridgehead atoms. The summed E-state index contributed by atoms with van der Waals surface area (Å²) in [6.45, 7) is 0. The number of halogens is 2. The van der Waals surface area contributed by atoms with Crippen LogP contribution in [0.2, 0.25) is 0 Å². The highest BCUT2D eigenvalue weighted by atomic mass is 32.2. The molecular formula is C11H13F2NO2S. The fourth-order valence-corrected chi connectivity index (χ4v) is 3.61. The molecule has 0 aromatic heterocycles. The Morgan fingerprint density at radius 2 is 1.88 bits per heavy atom. The van der Waals surface area contributed by atoms with Crippen LogP contribution in [-0.4, -0.2) is 26.0 Å². The molecule has 1 N–H and O–H groups in total. The Hall–Kier alpha value is -1.17. The van der Waals surface area contributed by atoms with E-state index in [0.717, 1.165) is 12.1 Å². The molecule has 0 saturated carbocycles. The maximum absolute atomic E-state index is 13.3. The van der Waals surface area contributed by atoms with Crippen LogP contribution >= 0.6 is 0 Å². The van der Waals surface area contributed by atoms with E-state index >= 15 is 0 Å². The third kappa shape index (κ3) is 2.94. The largest absolute Gasteiger partial charge is 0.377 e. The predicted octanol–water partition coefficient (Wildman–Crippen LogP) is 1.95. The molecule has 17 heavy (non-hydrogen) atoms. The van der Waals surface area contributed by atoms with Crippen molar-refractivity contribution in [3.8, 4) is 0 Å². The molecule has 2 rings (SSSR count). The predicted molar refractivity (Wildman–Crippen MR) is 61.7 cm³/mol. The second-order valence-corrected chi connectivity index (χ2v) is 6.42. The zero-order chi connectivity index (χ0) is 12.5. The highest BCUT2D eigenvalue weighted by Gasteiger charge is 2.25. The number of hydrogen-bond donors (Lipinski definition) is 1. The molecule has 1 aliphatic heterocycles. The van der Waals surface area contributed by atoms with E-state index in [9.17, 15) is 17.2 Å². The van der Waals surface area contributed by atoms with E-state index in [0.29, 0.717) is 12.8 Å². The lowest BCUT2D eigenvalue weighted by atomic mass is 10.1. The Kier molecular flexibility index (Phi) is 3.33. The third-order valence-corrected chi connectivity index (χ3v) is 4.60. The fourth-order valence-electron chi connectivity index (χ4n) is 1.98. The lowest BCUT2D eigenvalue weighted by Gasteiger charge is -2.24. The molecule has 1 atom stereocenters. The summed E-state index contributed by atoms with van der Waals surface area (Å²) in [7, 11) is -3.09. The van der Waals surface area contributed by atoms with Crippen molar-refractivity contribution in [2.75, 3.05) is 16.8 Å². The number of nitrogens with one attached hydrogen (secondary N) is 1. The first-order valence-corrected chi connectivity index (χ1v) is 7.21. The highest BCUT2D eigenvalue weighted by molar-refractivity contribution is 7.91. The molecule has 1 heterocycles. The van der Waals surface area contributed by atoms with Crippen molar-refractivity contribution in [2.45, 2.75) is 18.9 Å². The lowest BCUT2D eigenvalue weighted by Crippen LogP contribution is -2.35. The van der Waals surface area contributed by atoms with Gasteiger partial charge in [0.25, 0.3) is 0 Å². The molecule has 94 valence electrons. The molecule has 0 spiro atoms. The first kappa shape index (κ1) is 12.3. The Labute approximate surface area is 98.8 Å². The number of para-hydroxylation sites is 1. The molecule has 0 aliphatic carbocycles. The van der Waals surface area contributed by atoms with Crippen molar-refractivity contribution in [1.29, 1.82) is 0 Å².